The highest BCUT2D eigenvalue weighted by Gasteiger charge is 2.24. The van der Waals surface area contributed by atoms with Crippen molar-refractivity contribution in [1.29, 1.82) is 0 Å². The van der Waals surface area contributed by atoms with Gasteiger partial charge in [0.25, 0.3) is 0 Å². The summed E-state index contributed by atoms with van der Waals surface area (Å²) in [6.45, 7) is 3.12. The van der Waals surface area contributed by atoms with Gasteiger partial charge in [-0.2, -0.15) is 0 Å². The summed E-state index contributed by atoms with van der Waals surface area (Å²) < 4.78 is 0. The van der Waals surface area contributed by atoms with Gasteiger partial charge in [0.15, 0.2) is 11.6 Å². The van der Waals surface area contributed by atoms with Crippen molar-refractivity contribution in [2.75, 3.05) is 36.0 Å². The summed E-state index contributed by atoms with van der Waals surface area (Å²) in [6, 6.07) is 8.33. The van der Waals surface area contributed by atoms with E-state index < -0.39 is 0 Å². The summed E-state index contributed by atoms with van der Waals surface area (Å²) in [5.74, 6) is 3.48. The molecule has 0 fully saturated rings. The van der Waals surface area contributed by atoms with E-state index in [-0.39, 0.29) is 0 Å². The Hall–Kier alpha value is -3.68. The van der Waals surface area contributed by atoms with Crippen LogP contribution < -0.4 is 9.80 Å². The van der Waals surface area contributed by atoms with E-state index in [1.54, 1.807) is 37.2 Å². The third-order valence-corrected chi connectivity index (χ3v) is 4.74. The maximum Gasteiger partial charge on any atom is 0.152 e. The van der Waals surface area contributed by atoms with Crippen molar-refractivity contribution < 1.29 is 0 Å². The van der Waals surface area contributed by atoms with Crippen molar-refractivity contribution >= 4 is 23.3 Å². The van der Waals surface area contributed by atoms with E-state index in [0.29, 0.717) is 0 Å². The molecule has 0 bridgehead atoms. The van der Waals surface area contributed by atoms with Crippen LogP contribution in [0.1, 0.15) is 11.1 Å². The standard InChI is InChI=1S/C20H18N8/c1-2-16(20-26-10-12-28(20)18-14-22-6-8-24-18)4-3-15(1)19-25-9-11-27(19)17-13-21-5-7-23-17/h1-8,13-14H,9-12H2. The summed E-state index contributed by atoms with van der Waals surface area (Å²) in [7, 11) is 0. The molecule has 8 nitrogen and oxygen atoms in total. The van der Waals surface area contributed by atoms with Gasteiger partial charge in [0.2, 0.25) is 0 Å². The fourth-order valence-corrected chi connectivity index (χ4v) is 3.46. The van der Waals surface area contributed by atoms with E-state index in [0.717, 1.165) is 60.6 Å². The molecule has 0 aliphatic carbocycles. The van der Waals surface area contributed by atoms with Crippen molar-refractivity contribution in [3.63, 3.8) is 0 Å². The second-order valence-corrected chi connectivity index (χ2v) is 6.42. The number of benzene rings is 1. The third-order valence-electron chi connectivity index (χ3n) is 4.74. The first-order chi connectivity index (χ1) is 13.9. The van der Waals surface area contributed by atoms with Gasteiger partial charge >= 0.3 is 0 Å². The van der Waals surface area contributed by atoms with Gasteiger partial charge in [-0.15, -0.1) is 0 Å². The fourth-order valence-electron chi connectivity index (χ4n) is 3.46. The van der Waals surface area contributed by atoms with E-state index in [2.05, 4.69) is 64.0 Å². The summed E-state index contributed by atoms with van der Waals surface area (Å²) in [5.41, 5.74) is 2.10. The van der Waals surface area contributed by atoms with Crippen molar-refractivity contribution in [2.24, 2.45) is 9.98 Å². The highest BCUT2D eigenvalue weighted by molar-refractivity contribution is 6.13. The molecule has 138 valence electrons. The smallest absolute Gasteiger partial charge is 0.152 e. The van der Waals surface area contributed by atoms with Gasteiger partial charge in [0.05, 0.1) is 25.5 Å². The predicted octanol–water partition coefficient (Wildman–Crippen LogP) is 1.80. The van der Waals surface area contributed by atoms with Crippen LogP contribution in [-0.2, 0) is 0 Å². The average Bonchev–Trinajstić information content (AvgIpc) is 3.45. The first-order valence-corrected chi connectivity index (χ1v) is 9.17. The van der Waals surface area contributed by atoms with E-state index in [1.165, 1.54) is 0 Å². The zero-order valence-electron chi connectivity index (χ0n) is 15.2. The van der Waals surface area contributed by atoms with E-state index in [4.69, 9.17) is 0 Å². The van der Waals surface area contributed by atoms with Gasteiger partial charge < -0.3 is 9.80 Å². The number of rotatable bonds is 4. The summed E-state index contributed by atoms with van der Waals surface area (Å²) >= 11 is 0. The molecule has 0 saturated heterocycles. The van der Waals surface area contributed by atoms with Gasteiger partial charge in [0.1, 0.15) is 11.7 Å². The van der Waals surface area contributed by atoms with Crippen molar-refractivity contribution in [1.82, 2.24) is 19.9 Å². The van der Waals surface area contributed by atoms with Gasteiger partial charge in [0, 0.05) is 49.0 Å². The summed E-state index contributed by atoms with van der Waals surface area (Å²) in [6.07, 6.45) is 10.3. The molecular weight excluding hydrogens is 352 g/mol. The van der Waals surface area contributed by atoms with E-state index >= 15 is 0 Å². The topological polar surface area (TPSA) is 82.8 Å². The molecule has 0 N–H and O–H groups in total. The molecule has 4 heterocycles. The van der Waals surface area contributed by atoms with Crippen LogP contribution in [0.25, 0.3) is 0 Å². The molecule has 8 heteroatoms. The molecule has 5 rings (SSSR count). The van der Waals surface area contributed by atoms with E-state index in [9.17, 15) is 0 Å². The zero-order chi connectivity index (χ0) is 18.8. The minimum Gasteiger partial charge on any atom is -0.308 e. The van der Waals surface area contributed by atoms with Crippen LogP contribution >= 0.6 is 0 Å². The summed E-state index contributed by atoms with van der Waals surface area (Å²) in [5, 5.41) is 0. The molecule has 0 spiro atoms. The van der Waals surface area contributed by atoms with Crippen molar-refractivity contribution in [3.05, 3.63) is 72.6 Å². The van der Waals surface area contributed by atoms with Crippen molar-refractivity contribution in [3.8, 4) is 0 Å². The van der Waals surface area contributed by atoms with E-state index in [1.807, 2.05) is 0 Å². The molecule has 1 aromatic carbocycles. The van der Waals surface area contributed by atoms with Crippen molar-refractivity contribution in [2.45, 2.75) is 0 Å². The molecule has 3 aromatic rings. The Bertz CT molecular complexity index is 931. The first kappa shape index (κ1) is 16.5. The fraction of sp³-hybridized carbons (Fsp3) is 0.200. The summed E-state index contributed by atoms with van der Waals surface area (Å²) in [4.78, 5) is 30.7. The molecule has 2 aliphatic heterocycles. The Labute approximate surface area is 162 Å². The van der Waals surface area contributed by atoms with Crippen LogP contribution in [0.4, 0.5) is 11.6 Å². The number of aromatic nitrogens is 4. The molecule has 0 amide bonds. The number of amidine groups is 2. The van der Waals surface area contributed by atoms with Gasteiger partial charge in [-0.1, -0.05) is 24.3 Å². The number of nitrogens with zero attached hydrogens (tertiary/aromatic N) is 8. The number of aliphatic imine (C=N–C) groups is 2. The quantitative estimate of drug-likeness (QED) is 0.696. The van der Waals surface area contributed by atoms with Gasteiger partial charge in [-0.3, -0.25) is 20.0 Å². The first-order valence-electron chi connectivity index (χ1n) is 9.17. The molecule has 0 radical (unpaired) electrons. The molecule has 0 unspecified atom stereocenters. The van der Waals surface area contributed by atoms with Crippen LogP contribution in [0.2, 0.25) is 0 Å². The van der Waals surface area contributed by atoms with Crippen LogP contribution in [0.15, 0.2) is 71.4 Å². The SMILES string of the molecule is c1cnc(N2CCN=C2c2ccc(C3=NCCN3c3cnccn3)cc2)cn1. The van der Waals surface area contributed by atoms with Gasteiger partial charge in [-0.25, -0.2) is 9.97 Å². The maximum absolute atomic E-state index is 4.67. The Kier molecular flexibility index (Phi) is 4.21. The van der Waals surface area contributed by atoms with Crippen LogP contribution in [0.3, 0.4) is 0 Å². The second kappa shape index (κ2) is 7.15. The minimum atomic E-state index is 0.751. The maximum atomic E-state index is 4.67. The highest BCUT2D eigenvalue weighted by Crippen LogP contribution is 2.21. The lowest BCUT2D eigenvalue weighted by Gasteiger charge is -2.20. The Balaban J connectivity index is 1.40. The molecule has 0 saturated carbocycles. The Morgan fingerprint density at radius 1 is 0.607 bits per heavy atom. The monoisotopic (exact) mass is 370 g/mol. The zero-order valence-corrected chi connectivity index (χ0v) is 15.2. The van der Waals surface area contributed by atoms with Crippen LogP contribution in [-0.4, -0.2) is 57.8 Å². The lowest BCUT2D eigenvalue weighted by molar-refractivity contribution is 0.988. The molecule has 0 atom stereocenters. The predicted molar refractivity (Wildman–Crippen MR) is 108 cm³/mol. The third kappa shape index (κ3) is 2.98. The Morgan fingerprint density at radius 2 is 1.07 bits per heavy atom. The number of anilines is 2. The molecule has 2 aromatic heterocycles. The number of hydrogen-bond donors (Lipinski definition) is 0. The normalized spacial score (nSPS) is 16.3. The van der Waals surface area contributed by atoms with Crippen LogP contribution in [0, 0.1) is 0 Å². The molecular formula is C20H18N8. The lowest BCUT2D eigenvalue weighted by Crippen LogP contribution is -2.30. The largest absolute Gasteiger partial charge is 0.308 e. The Morgan fingerprint density at radius 3 is 1.46 bits per heavy atom. The lowest BCUT2D eigenvalue weighted by atomic mass is 10.1. The van der Waals surface area contributed by atoms with Crippen LogP contribution in [0.5, 0.6) is 0 Å². The molecule has 2 aliphatic rings. The average molecular weight is 370 g/mol. The van der Waals surface area contributed by atoms with Gasteiger partial charge in [-0.05, 0) is 0 Å². The highest BCUT2D eigenvalue weighted by atomic mass is 15.3. The number of hydrogen-bond acceptors (Lipinski definition) is 8. The molecule has 28 heavy (non-hydrogen) atoms. The minimum absolute atomic E-state index is 0.751. The second-order valence-electron chi connectivity index (χ2n) is 6.42.